The molecular weight excluding hydrogens is 356 g/mol. The Morgan fingerprint density at radius 3 is 2.92 bits per heavy atom. The van der Waals surface area contributed by atoms with E-state index < -0.39 is 0 Å². The zero-order valence-corrected chi connectivity index (χ0v) is 15.2. The number of halogens is 1. The predicted molar refractivity (Wildman–Crippen MR) is 99.6 cm³/mol. The molecule has 5 nitrogen and oxygen atoms in total. The highest BCUT2D eigenvalue weighted by atomic mass is 35.5. The second-order valence-electron chi connectivity index (χ2n) is 5.49. The molecule has 4 aromatic rings. The van der Waals surface area contributed by atoms with Crippen LogP contribution < -0.4 is 4.74 Å². The number of aryl methyl sites for hydroxylation is 1. The predicted octanol–water partition coefficient (Wildman–Crippen LogP) is 4.85. The number of nitrogens with one attached hydrogen (secondary N) is 1. The summed E-state index contributed by atoms with van der Waals surface area (Å²) in [6.45, 7) is 1.99. The topological polar surface area (TPSA) is 55.2 Å². The lowest BCUT2D eigenvalue weighted by Crippen LogP contribution is -1.87. The number of H-pyrrole nitrogens is 1. The fraction of sp³-hybridized carbons (Fsp3) is 0.111. The second kappa shape index (κ2) is 6.46. The van der Waals surface area contributed by atoms with Gasteiger partial charge in [0.1, 0.15) is 0 Å². The highest BCUT2D eigenvalue weighted by Crippen LogP contribution is 2.33. The number of nitrogens with zero attached hydrogens (tertiary/aromatic N) is 3. The number of hydrogen-bond acceptors (Lipinski definition) is 4. The fourth-order valence-corrected chi connectivity index (χ4v) is 3.74. The highest BCUT2D eigenvalue weighted by molar-refractivity contribution is 7.99. The Hall–Kier alpha value is -2.44. The van der Waals surface area contributed by atoms with Crippen LogP contribution in [0.5, 0.6) is 5.88 Å². The van der Waals surface area contributed by atoms with Crippen molar-refractivity contribution < 1.29 is 4.74 Å². The molecule has 4 rings (SSSR count). The van der Waals surface area contributed by atoms with Crippen LogP contribution in [-0.2, 0) is 0 Å². The Labute approximate surface area is 154 Å². The van der Waals surface area contributed by atoms with Crippen molar-refractivity contribution in [3.63, 3.8) is 0 Å². The maximum atomic E-state index is 6.25. The summed E-state index contributed by atoms with van der Waals surface area (Å²) in [6.07, 6.45) is 5.75. The van der Waals surface area contributed by atoms with Crippen LogP contribution in [0.2, 0.25) is 5.02 Å². The van der Waals surface area contributed by atoms with E-state index >= 15 is 0 Å². The van der Waals surface area contributed by atoms with E-state index in [-0.39, 0.29) is 0 Å². The van der Waals surface area contributed by atoms with Crippen molar-refractivity contribution in [1.29, 1.82) is 0 Å². The Kier molecular flexibility index (Phi) is 4.15. The third-order valence-electron chi connectivity index (χ3n) is 3.85. The van der Waals surface area contributed by atoms with E-state index in [2.05, 4.69) is 21.0 Å². The number of aromatic nitrogens is 4. The van der Waals surface area contributed by atoms with Crippen LogP contribution in [0.4, 0.5) is 0 Å². The molecule has 0 bridgehead atoms. The normalized spacial score (nSPS) is 11.2. The molecule has 0 saturated carbocycles. The lowest BCUT2D eigenvalue weighted by molar-refractivity contribution is 0.397. The molecule has 126 valence electrons. The van der Waals surface area contributed by atoms with Gasteiger partial charge in [-0.25, -0.2) is 9.97 Å². The minimum atomic E-state index is 0.606. The second-order valence-corrected chi connectivity index (χ2v) is 7.01. The lowest BCUT2D eigenvalue weighted by atomic mass is 10.2. The van der Waals surface area contributed by atoms with Crippen molar-refractivity contribution in [1.82, 2.24) is 19.4 Å². The summed E-state index contributed by atoms with van der Waals surface area (Å²) in [5, 5.41) is 1.67. The van der Waals surface area contributed by atoms with Gasteiger partial charge in [-0.15, -0.1) is 0 Å². The van der Waals surface area contributed by atoms with E-state index in [0.29, 0.717) is 10.9 Å². The first kappa shape index (κ1) is 16.1. The van der Waals surface area contributed by atoms with Gasteiger partial charge in [0.2, 0.25) is 5.88 Å². The number of pyridine rings is 2. The molecule has 0 amide bonds. The number of ether oxygens (including phenoxy) is 1. The lowest BCUT2D eigenvalue weighted by Gasteiger charge is -2.01. The Bertz CT molecular complexity index is 1040. The van der Waals surface area contributed by atoms with Crippen LogP contribution in [0, 0.1) is 6.92 Å². The molecule has 4 heterocycles. The van der Waals surface area contributed by atoms with Crippen molar-refractivity contribution in [2.75, 3.05) is 7.11 Å². The van der Waals surface area contributed by atoms with Gasteiger partial charge in [0.15, 0.2) is 5.65 Å². The van der Waals surface area contributed by atoms with Crippen molar-refractivity contribution in [2.24, 2.45) is 0 Å². The molecule has 0 aliphatic heterocycles. The number of imidazole rings is 1. The number of aromatic amines is 1. The maximum absolute atomic E-state index is 6.25. The van der Waals surface area contributed by atoms with Crippen LogP contribution in [-0.4, -0.2) is 26.5 Å². The van der Waals surface area contributed by atoms with Gasteiger partial charge in [-0.1, -0.05) is 23.4 Å². The third-order valence-corrected chi connectivity index (χ3v) is 5.08. The summed E-state index contributed by atoms with van der Waals surface area (Å²) in [5.74, 6) is 0.606. The van der Waals surface area contributed by atoms with Gasteiger partial charge in [-0.05, 0) is 31.2 Å². The van der Waals surface area contributed by atoms with Crippen molar-refractivity contribution in [3.05, 3.63) is 59.6 Å². The van der Waals surface area contributed by atoms with Crippen molar-refractivity contribution >= 4 is 29.0 Å². The molecule has 0 saturated heterocycles. The third kappa shape index (κ3) is 2.99. The van der Waals surface area contributed by atoms with E-state index in [1.165, 1.54) is 0 Å². The monoisotopic (exact) mass is 370 g/mol. The van der Waals surface area contributed by atoms with Crippen LogP contribution in [0.3, 0.4) is 0 Å². The molecule has 0 atom stereocenters. The molecule has 0 spiro atoms. The zero-order chi connectivity index (χ0) is 17.4. The van der Waals surface area contributed by atoms with E-state index in [9.17, 15) is 0 Å². The molecule has 25 heavy (non-hydrogen) atoms. The Morgan fingerprint density at radius 2 is 2.16 bits per heavy atom. The molecular formula is C18H15ClN4OS. The molecule has 4 aromatic heterocycles. The summed E-state index contributed by atoms with van der Waals surface area (Å²) in [6, 6.07) is 9.71. The summed E-state index contributed by atoms with van der Waals surface area (Å²) in [4.78, 5) is 13.2. The van der Waals surface area contributed by atoms with Gasteiger partial charge in [0.25, 0.3) is 0 Å². The molecule has 0 aliphatic rings. The molecule has 0 aromatic carbocycles. The molecule has 1 N–H and O–H groups in total. The summed E-state index contributed by atoms with van der Waals surface area (Å²) in [7, 11) is 1.61. The van der Waals surface area contributed by atoms with Gasteiger partial charge in [-0.3, -0.25) is 4.40 Å². The summed E-state index contributed by atoms with van der Waals surface area (Å²) < 4.78 is 7.11. The Balaban J connectivity index is 1.67. The first-order chi connectivity index (χ1) is 12.2. The standard InChI is InChI=1S/C18H15ClN4OS/c1-11-17(23-7-3-4-14(19)18(23)22-11)12-8-16(21-9-12)25-13-5-6-15(24-2)20-10-13/h3-10,21H,1-2H3. The van der Waals surface area contributed by atoms with E-state index in [1.807, 2.05) is 48.0 Å². The largest absolute Gasteiger partial charge is 0.481 e. The van der Waals surface area contributed by atoms with Gasteiger partial charge < -0.3 is 9.72 Å². The Morgan fingerprint density at radius 1 is 1.28 bits per heavy atom. The van der Waals surface area contributed by atoms with Gasteiger partial charge >= 0.3 is 0 Å². The highest BCUT2D eigenvalue weighted by Gasteiger charge is 2.14. The maximum Gasteiger partial charge on any atom is 0.212 e. The summed E-state index contributed by atoms with van der Waals surface area (Å²) in [5.41, 5.74) is 3.81. The van der Waals surface area contributed by atoms with Crippen molar-refractivity contribution in [2.45, 2.75) is 16.8 Å². The van der Waals surface area contributed by atoms with Gasteiger partial charge in [0, 0.05) is 35.1 Å². The quantitative estimate of drug-likeness (QED) is 0.558. The average Bonchev–Trinajstić information content (AvgIpc) is 3.20. The average molecular weight is 371 g/mol. The summed E-state index contributed by atoms with van der Waals surface area (Å²) >= 11 is 7.86. The first-order valence-electron chi connectivity index (χ1n) is 7.65. The molecule has 0 aliphatic carbocycles. The smallest absolute Gasteiger partial charge is 0.212 e. The van der Waals surface area contributed by atoms with Crippen LogP contribution in [0.1, 0.15) is 5.69 Å². The number of fused-ring (bicyclic) bond motifs is 1. The van der Waals surface area contributed by atoms with Crippen LogP contribution in [0.15, 0.2) is 58.8 Å². The van der Waals surface area contributed by atoms with Gasteiger partial charge in [-0.2, -0.15) is 0 Å². The fourth-order valence-electron chi connectivity index (χ4n) is 2.74. The number of rotatable bonds is 4. The van der Waals surface area contributed by atoms with E-state index in [1.54, 1.807) is 25.1 Å². The molecule has 0 fully saturated rings. The number of hydrogen-bond donors (Lipinski definition) is 1. The van der Waals surface area contributed by atoms with Gasteiger partial charge in [0.05, 0.1) is 28.5 Å². The zero-order valence-electron chi connectivity index (χ0n) is 13.7. The minimum absolute atomic E-state index is 0.606. The van der Waals surface area contributed by atoms with Crippen molar-refractivity contribution in [3.8, 4) is 17.1 Å². The van der Waals surface area contributed by atoms with Crippen LogP contribution in [0.25, 0.3) is 16.9 Å². The number of methoxy groups -OCH3 is 1. The first-order valence-corrected chi connectivity index (χ1v) is 8.85. The molecule has 0 radical (unpaired) electrons. The minimum Gasteiger partial charge on any atom is -0.481 e. The molecule has 7 heteroatoms. The van der Waals surface area contributed by atoms with E-state index in [0.717, 1.165) is 32.5 Å². The molecule has 0 unspecified atom stereocenters. The van der Waals surface area contributed by atoms with Crippen LogP contribution >= 0.6 is 23.4 Å². The SMILES string of the molecule is COc1ccc(Sc2cc(-c3c(C)nc4c(Cl)cccn34)c[nH]2)cn1. The van der Waals surface area contributed by atoms with E-state index in [4.69, 9.17) is 16.3 Å².